The summed E-state index contributed by atoms with van der Waals surface area (Å²) in [5, 5.41) is 18.9. The summed E-state index contributed by atoms with van der Waals surface area (Å²) in [6, 6.07) is 13.4. The number of carbonyl (C=O) groups is 1. The van der Waals surface area contributed by atoms with E-state index in [1.54, 1.807) is 16.2 Å². The van der Waals surface area contributed by atoms with Gasteiger partial charge in [0.15, 0.2) is 5.69 Å². The number of hydrogen-bond acceptors (Lipinski definition) is 7. The second-order valence-electron chi connectivity index (χ2n) is 6.87. The molecule has 0 unspecified atom stereocenters. The average molecular weight is 406 g/mol. The molecule has 4 aromatic rings. The Balaban J connectivity index is 1.31. The normalized spacial score (nSPS) is 16.8. The highest BCUT2D eigenvalue weighted by atomic mass is 32.1. The standard InChI is InChI=1S/C20H18N6O2S/c27-20(16-12-21-26(24-16)15-7-2-1-3-8-15)25-10-4-6-14(13-25)18-22-23-19(28-18)17-9-5-11-29-17/h1-3,5,7-9,11-12,14H,4,6,10,13H2/t14-/m0/s1. The van der Waals surface area contributed by atoms with Gasteiger partial charge in [0.05, 0.1) is 22.7 Å². The van der Waals surface area contributed by atoms with Crippen molar-refractivity contribution in [3.8, 4) is 16.5 Å². The van der Waals surface area contributed by atoms with Gasteiger partial charge in [-0.3, -0.25) is 4.79 Å². The molecule has 1 saturated heterocycles. The number of likely N-dealkylation sites (tertiary alicyclic amines) is 1. The third-order valence-electron chi connectivity index (χ3n) is 4.93. The number of carbonyl (C=O) groups excluding carboxylic acids is 1. The van der Waals surface area contributed by atoms with E-state index in [9.17, 15) is 4.79 Å². The van der Waals surface area contributed by atoms with Crippen molar-refractivity contribution in [2.24, 2.45) is 0 Å². The Hall–Kier alpha value is -3.33. The third-order valence-corrected chi connectivity index (χ3v) is 5.79. The summed E-state index contributed by atoms with van der Waals surface area (Å²) in [5.41, 5.74) is 1.15. The predicted molar refractivity (Wildman–Crippen MR) is 107 cm³/mol. The summed E-state index contributed by atoms with van der Waals surface area (Å²) in [6.45, 7) is 1.21. The van der Waals surface area contributed by atoms with E-state index in [-0.39, 0.29) is 11.8 Å². The molecule has 4 heterocycles. The first-order valence-corrected chi connectivity index (χ1v) is 10.3. The number of nitrogens with zero attached hydrogens (tertiary/aromatic N) is 6. The Morgan fingerprint density at radius 1 is 1.14 bits per heavy atom. The molecular formula is C20H18N6O2S. The van der Waals surface area contributed by atoms with Gasteiger partial charge in [0.25, 0.3) is 11.8 Å². The zero-order valence-electron chi connectivity index (χ0n) is 15.5. The quantitative estimate of drug-likeness (QED) is 0.516. The molecule has 5 rings (SSSR count). The molecule has 0 aliphatic carbocycles. The van der Waals surface area contributed by atoms with Crippen LogP contribution in [0.1, 0.15) is 35.1 Å². The Labute approximate surface area is 170 Å². The largest absolute Gasteiger partial charge is 0.420 e. The highest BCUT2D eigenvalue weighted by Gasteiger charge is 2.30. The summed E-state index contributed by atoms with van der Waals surface area (Å²) >= 11 is 1.56. The fraction of sp³-hybridized carbons (Fsp3) is 0.250. The summed E-state index contributed by atoms with van der Waals surface area (Å²) in [5.74, 6) is 1.01. The van der Waals surface area contributed by atoms with Crippen molar-refractivity contribution in [3.63, 3.8) is 0 Å². The van der Waals surface area contributed by atoms with Crippen molar-refractivity contribution >= 4 is 17.2 Å². The summed E-state index contributed by atoms with van der Waals surface area (Å²) in [4.78, 5) is 17.2. The summed E-state index contributed by atoms with van der Waals surface area (Å²) in [6.07, 6.45) is 3.30. The molecule has 146 valence electrons. The first kappa shape index (κ1) is 17.7. The molecule has 0 spiro atoms. The SMILES string of the molecule is O=C(c1cnn(-c2ccccc2)n1)N1CCC[C@H](c2nnc(-c3cccs3)o2)C1. The van der Waals surface area contributed by atoms with Crippen LogP contribution in [0.4, 0.5) is 0 Å². The van der Waals surface area contributed by atoms with Crippen LogP contribution in [-0.2, 0) is 0 Å². The molecular weight excluding hydrogens is 388 g/mol. The highest BCUT2D eigenvalue weighted by Crippen LogP contribution is 2.30. The van der Waals surface area contributed by atoms with Gasteiger partial charge < -0.3 is 9.32 Å². The van der Waals surface area contributed by atoms with Crippen LogP contribution in [0, 0.1) is 0 Å². The number of hydrogen-bond donors (Lipinski definition) is 0. The lowest BCUT2D eigenvalue weighted by atomic mass is 9.98. The van der Waals surface area contributed by atoms with Crippen LogP contribution in [0.3, 0.4) is 0 Å². The number of thiophene rings is 1. The fourth-order valence-electron chi connectivity index (χ4n) is 3.47. The maximum absolute atomic E-state index is 13.0. The second-order valence-corrected chi connectivity index (χ2v) is 7.82. The zero-order chi connectivity index (χ0) is 19.6. The number of piperidine rings is 1. The molecule has 8 nitrogen and oxygen atoms in total. The van der Waals surface area contributed by atoms with Gasteiger partial charge in [-0.05, 0) is 36.4 Å². The molecule has 1 fully saturated rings. The molecule has 1 amide bonds. The van der Waals surface area contributed by atoms with Crippen LogP contribution in [0.5, 0.6) is 0 Å². The minimum absolute atomic E-state index is 0.0260. The predicted octanol–water partition coefficient (Wildman–Crippen LogP) is 3.40. The van der Waals surface area contributed by atoms with Crippen molar-refractivity contribution < 1.29 is 9.21 Å². The van der Waals surface area contributed by atoms with E-state index in [2.05, 4.69) is 20.4 Å². The lowest BCUT2D eigenvalue weighted by Gasteiger charge is -2.30. The molecule has 0 N–H and O–H groups in total. The Morgan fingerprint density at radius 3 is 2.86 bits per heavy atom. The van der Waals surface area contributed by atoms with Crippen molar-refractivity contribution in [3.05, 3.63) is 65.6 Å². The Bertz CT molecular complexity index is 1110. The molecule has 29 heavy (non-hydrogen) atoms. The third kappa shape index (κ3) is 3.56. The second kappa shape index (κ2) is 7.59. The van der Waals surface area contributed by atoms with Gasteiger partial charge in [0.2, 0.25) is 5.89 Å². The number of aromatic nitrogens is 5. The summed E-state index contributed by atoms with van der Waals surface area (Å²) in [7, 11) is 0. The van der Waals surface area contributed by atoms with Crippen LogP contribution in [0.2, 0.25) is 0 Å². The van der Waals surface area contributed by atoms with E-state index >= 15 is 0 Å². The lowest BCUT2D eigenvalue weighted by molar-refractivity contribution is 0.0692. The fourth-order valence-corrected chi connectivity index (χ4v) is 4.12. The van der Waals surface area contributed by atoms with Gasteiger partial charge >= 0.3 is 0 Å². The smallest absolute Gasteiger partial charge is 0.276 e. The first-order chi connectivity index (χ1) is 14.3. The van der Waals surface area contributed by atoms with E-state index in [4.69, 9.17) is 4.42 Å². The van der Waals surface area contributed by atoms with Crippen molar-refractivity contribution in [1.82, 2.24) is 30.1 Å². The molecule has 9 heteroatoms. The van der Waals surface area contributed by atoms with Crippen molar-refractivity contribution in [1.29, 1.82) is 0 Å². The van der Waals surface area contributed by atoms with Crippen molar-refractivity contribution in [2.45, 2.75) is 18.8 Å². The molecule has 0 radical (unpaired) electrons. The van der Waals surface area contributed by atoms with Gasteiger partial charge in [-0.15, -0.1) is 26.6 Å². The van der Waals surface area contributed by atoms with E-state index in [0.717, 1.165) is 23.4 Å². The molecule has 1 aromatic carbocycles. The lowest BCUT2D eigenvalue weighted by Crippen LogP contribution is -2.39. The van der Waals surface area contributed by atoms with Crippen molar-refractivity contribution in [2.75, 3.05) is 13.1 Å². The first-order valence-electron chi connectivity index (χ1n) is 9.42. The minimum Gasteiger partial charge on any atom is -0.420 e. The Morgan fingerprint density at radius 2 is 2.03 bits per heavy atom. The zero-order valence-corrected chi connectivity index (χ0v) is 16.3. The van der Waals surface area contributed by atoms with Crippen LogP contribution in [-0.4, -0.2) is 49.1 Å². The molecule has 0 saturated carbocycles. The molecule has 1 aliphatic rings. The number of benzene rings is 1. The van der Waals surface area contributed by atoms with E-state index in [0.29, 0.717) is 30.6 Å². The van der Waals surface area contributed by atoms with E-state index in [1.807, 2.05) is 47.8 Å². The van der Waals surface area contributed by atoms with Crippen LogP contribution < -0.4 is 0 Å². The number of para-hydroxylation sites is 1. The van der Waals surface area contributed by atoms with Gasteiger partial charge in [-0.2, -0.15) is 9.90 Å². The molecule has 0 bridgehead atoms. The van der Waals surface area contributed by atoms with Gasteiger partial charge in [0.1, 0.15) is 0 Å². The summed E-state index contributed by atoms with van der Waals surface area (Å²) < 4.78 is 5.88. The van der Waals surface area contributed by atoms with E-state index in [1.165, 1.54) is 11.0 Å². The number of rotatable bonds is 4. The molecule has 3 aromatic heterocycles. The highest BCUT2D eigenvalue weighted by molar-refractivity contribution is 7.13. The molecule has 1 atom stereocenters. The molecule has 1 aliphatic heterocycles. The topological polar surface area (TPSA) is 89.9 Å². The maximum Gasteiger partial charge on any atom is 0.276 e. The van der Waals surface area contributed by atoms with Crippen LogP contribution in [0.25, 0.3) is 16.5 Å². The van der Waals surface area contributed by atoms with Gasteiger partial charge in [-0.1, -0.05) is 24.3 Å². The minimum atomic E-state index is -0.130. The van der Waals surface area contributed by atoms with Gasteiger partial charge in [-0.25, -0.2) is 0 Å². The average Bonchev–Trinajstić information content (AvgIpc) is 3.55. The monoisotopic (exact) mass is 406 g/mol. The maximum atomic E-state index is 13.0. The Kier molecular flexibility index (Phi) is 4.65. The van der Waals surface area contributed by atoms with E-state index < -0.39 is 0 Å². The van der Waals surface area contributed by atoms with Crippen LogP contribution >= 0.6 is 11.3 Å². The number of amides is 1. The van der Waals surface area contributed by atoms with Crippen LogP contribution in [0.15, 0.2) is 58.5 Å². The van der Waals surface area contributed by atoms with Gasteiger partial charge in [0, 0.05) is 13.1 Å².